The van der Waals surface area contributed by atoms with E-state index in [9.17, 15) is 10.2 Å². The summed E-state index contributed by atoms with van der Waals surface area (Å²) in [4.78, 5) is 1.95. The number of rotatable bonds is 9. The van der Waals surface area contributed by atoms with Crippen molar-refractivity contribution in [3.8, 4) is 11.5 Å². The van der Waals surface area contributed by atoms with Gasteiger partial charge in [0.15, 0.2) is 0 Å². The molecule has 0 spiro atoms. The summed E-state index contributed by atoms with van der Waals surface area (Å²) < 4.78 is 0. The van der Waals surface area contributed by atoms with Crippen LogP contribution in [0.15, 0.2) is 115 Å². The fourth-order valence-electron chi connectivity index (χ4n) is 3.13. The van der Waals surface area contributed by atoms with Gasteiger partial charge in [0.2, 0.25) is 0 Å². The van der Waals surface area contributed by atoms with Crippen LogP contribution in [-0.2, 0) is 0 Å². The first kappa shape index (κ1) is 27.0. The van der Waals surface area contributed by atoms with Crippen molar-refractivity contribution in [2.75, 3.05) is 5.75 Å². The molecule has 0 saturated heterocycles. The van der Waals surface area contributed by atoms with Crippen molar-refractivity contribution in [3.63, 3.8) is 0 Å². The molecular formula is C27H22Cl2N4O2S2. The first-order valence-corrected chi connectivity index (χ1v) is 13.8. The van der Waals surface area contributed by atoms with Crippen molar-refractivity contribution in [1.82, 2.24) is 0 Å². The molecule has 37 heavy (non-hydrogen) atoms. The van der Waals surface area contributed by atoms with E-state index in [1.54, 1.807) is 47.8 Å². The maximum absolute atomic E-state index is 10.0. The van der Waals surface area contributed by atoms with Gasteiger partial charge in [-0.25, -0.2) is 0 Å². The average molecular weight is 570 g/mol. The highest BCUT2D eigenvalue weighted by molar-refractivity contribution is 8.03. The van der Waals surface area contributed by atoms with E-state index in [1.807, 2.05) is 48.5 Å². The zero-order valence-electron chi connectivity index (χ0n) is 19.6. The van der Waals surface area contributed by atoms with Crippen LogP contribution in [0.1, 0.15) is 6.92 Å². The minimum Gasteiger partial charge on any atom is -0.506 e. The summed E-state index contributed by atoms with van der Waals surface area (Å²) in [5.41, 5.74) is 2.04. The first-order valence-electron chi connectivity index (χ1n) is 11.2. The van der Waals surface area contributed by atoms with E-state index in [0.29, 0.717) is 32.8 Å². The molecule has 0 radical (unpaired) electrons. The van der Waals surface area contributed by atoms with Crippen molar-refractivity contribution < 1.29 is 10.2 Å². The highest BCUT2D eigenvalue weighted by Crippen LogP contribution is 2.39. The maximum atomic E-state index is 10.0. The lowest BCUT2D eigenvalue weighted by atomic mass is 10.3. The zero-order valence-corrected chi connectivity index (χ0v) is 22.8. The summed E-state index contributed by atoms with van der Waals surface area (Å²) in [6, 6.07) is 24.8. The van der Waals surface area contributed by atoms with E-state index in [1.165, 1.54) is 12.1 Å². The molecule has 0 aliphatic rings. The van der Waals surface area contributed by atoms with Gasteiger partial charge in [-0.15, -0.1) is 44.0 Å². The highest BCUT2D eigenvalue weighted by atomic mass is 35.5. The van der Waals surface area contributed by atoms with Gasteiger partial charge in [0, 0.05) is 30.8 Å². The number of phenolic OH excluding ortho intramolecular Hbond substituents is 2. The third-order valence-electron chi connectivity index (χ3n) is 4.94. The predicted molar refractivity (Wildman–Crippen MR) is 154 cm³/mol. The number of hydrogen-bond donors (Lipinski definition) is 2. The number of azo groups is 2. The Bertz CT molecular complexity index is 1450. The summed E-state index contributed by atoms with van der Waals surface area (Å²) in [7, 11) is 0. The zero-order chi connectivity index (χ0) is 26.2. The SMILES string of the molecule is CC(CSc1ccccc1N=Nc1cc(Cl)ccc1O)Sc1ccccc1N=Nc1cc(Cl)ccc1O. The van der Waals surface area contributed by atoms with Crippen LogP contribution in [0.2, 0.25) is 10.0 Å². The molecule has 2 N–H and O–H groups in total. The Morgan fingerprint density at radius 1 is 0.649 bits per heavy atom. The van der Waals surface area contributed by atoms with E-state index in [4.69, 9.17) is 23.2 Å². The van der Waals surface area contributed by atoms with E-state index in [0.717, 1.165) is 15.5 Å². The molecule has 0 aliphatic heterocycles. The molecule has 0 amide bonds. The molecule has 1 unspecified atom stereocenters. The Morgan fingerprint density at radius 2 is 1.11 bits per heavy atom. The Balaban J connectivity index is 1.43. The Kier molecular flexibility index (Phi) is 9.46. The maximum Gasteiger partial charge on any atom is 0.143 e. The number of halogens is 2. The smallest absolute Gasteiger partial charge is 0.143 e. The fraction of sp³-hybridized carbons (Fsp3) is 0.111. The van der Waals surface area contributed by atoms with Crippen molar-refractivity contribution >= 4 is 69.5 Å². The third kappa shape index (κ3) is 7.72. The lowest BCUT2D eigenvalue weighted by Gasteiger charge is -2.13. The number of hydrogen-bond acceptors (Lipinski definition) is 8. The van der Waals surface area contributed by atoms with Crippen molar-refractivity contribution in [2.24, 2.45) is 20.5 Å². The molecule has 0 fully saturated rings. The summed E-state index contributed by atoms with van der Waals surface area (Å²) in [5.74, 6) is 0.842. The van der Waals surface area contributed by atoms with Gasteiger partial charge in [0.25, 0.3) is 0 Å². The third-order valence-corrected chi connectivity index (χ3v) is 8.11. The van der Waals surface area contributed by atoms with Crippen LogP contribution < -0.4 is 0 Å². The normalized spacial score (nSPS) is 12.4. The van der Waals surface area contributed by atoms with Crippen molar-refractivity contribution in [2.45, 2.75) is 22.0 Å². The number of benzene rings is 4. The van der Waals surface area contributed by atoms with Gasteiger partial charge in [0.05, 0.1) is 11.4 Å². The number of thioether (sulfide) groups is 2. The second-order valence-corrected chi connectivity index (χ2v) is 11.3. The second-order valence-electron chi connectivity index (χ2n) is 7.84. The lowest BCUT2D eigenvalue weighted by Crippen LogP contribution is -1.99. The van der Waals surface area contributed by atoms with Crippen molar-refractivity contribution in [1.29, 1.82) is 0 Å². The van der Waals surface area contributed by atoms with Gasteiger partial charge in [-0.2, -0.15) is 0 Å². The molecular weight excluding hydrogens is 547 g/mol. The van der Waals surface area contributed by atoms with Crippen LogP contribution in [0, 0.1) is 0 Å². The largest absolute Gasteiger partial charge is 0.506 e. The van der Waals surface area contributed by atoms with Gasteiger partial charge < -0.3 is 10.2 Å². The van der Waals surface area contributed by atoms with Gasteiger partial charge >= 0.3 is 0 Å². The minimum absolute atomic E-state index is 0.0180. The van der Waals surface area contributed by atoms with Crippen LogP contribution in [0.3, 0.4) is 0 Å². The Morgan fingerprint density at radius 3 is 1.68 bits per heavy atom. The summed E-state index contributed by atoms with van der Waals surface area (Å²) >= 11 is 15.4. The molecule has 0 aromatic heterocycles. The Hall–Kier alpha value is -3.04. The molecule has 0 bridgehead atoms. The standard InChI is InChI=1S/C27H22Cl2N4O2S2/c1-17(37-27-9-5-3-7-21(27)31-33-23-15-19(29)11-13-25(23)35)16-36-26-8-4-2-6-20(26)30-32-22-14-18(28)10-12-24(22)34/h2-15,17,34-35H,16H2,1H3. The number of phenols is 2. The number of aromatic hydroxyl groups is 2. The van der Waals surface area contributed by atoms with Crippen LogP contribution in [0.5, 0.6) is 11.5 Å². The molecule has 0 saturated carbocycles. The minimum atomic E-state index is 0.0180. The molecule has 0 heterocycles. The Labute approximate surface area is 233 Å². The molecule has 1 atom stereocenters. The van der Waals surface area contributed by atoms with E-state index in [-0.39, 0.29) is 16.7 Å². The predicted octanol–water partition coefficient (Wildman–Crippen LogP) is 10.5. The van der Waals surface area contributed by atoms with Gasteiger partial charge in [-0.1, -0.05) is 54.4 Å². The van der Waals surface area contributed by atoms with E-state index >= 15 is 0 Å². The van der Waals surface area contributed by atoms with E-state index in [2.05, 4.69) is 27.4 Å². The second kappa shape index (κ2) is 13.0. The highest BCUT2D eigenvalue weighted by Gasteiger charge is 2.11. The molecule has 4 rings (SSSR count). The first-order chi connectivity index (χ1) is 17.9. The average Bonchev–Trinajstić information content (AvgIpc) is 2.89. The van der Waals surface area contributed by atoms with Crippen LogP contribution in [0.4, 0.5) is 22.7 Å². The number of nitrogens with zero attached hydrogens (tertiary/aromatic N) is 4. The molecule has 188 valence electrons. The van der Waals surface area contributed by atoms with Crippen LogP contribution >= 0.6 is 46.7 Å². The van der Waals surface area contributed by atoms with Crippen molar-refractivity contribution in [3.05, 3.63) is 95.0 Å². The molecule has 4 aromatic rings. The monoisotopic (exact) mass is 568 g/mol. The van der Waals surface area contributed by atoms with E-state index < -0.39 is 0 Å². The molecule has 0 aliphatic carbocycles. The van der Waals surface area contributed by atoms with Gasteiger partial charge in [0.1, 0.15) is 22.9 Å². The molecule has 6 nitrogen and oxygen atoms in total. The van der Waals surface area contributed by atoms with Gasteiger partial charge in [-0.3, -0.25) is 0 Å². The fourth-order valence-corrected chi connectivity index (χ4v) is 5.60. The lowest BCUT2D eigenvalue weighted by molar-refractivity contribution is 0.476. The summed E-state index contributed by atoms with van der Waals surface area (Å²) in [6.45, 7) is 2.14. The summed E-state index contributed by atoms with van der Waals surface area (Å²) in [6.07, 6.45) is 0. The molecule has 4 aromatic carbocycles. The summed E-state index contributed by atoms with van der Waals surface area (Å²) in [5, 5.41) is 38.3. The molecule has 10 heteroatoms. The topological polar surface area (TPSA) is 89.9 Å². The van der Waals surface area contributed by atoms with Gasteiger partial charge in [-0.05, 0) is 60.7 Å². The van der Waals surface area contributed by atoms with Crippen LogP contribution in [0.25, 0.3) is 0 Å². The quantitative estimate of drug-likeness (QED) is 0.155. The van der Waals surface area contributed by atoms with Crippen LogP contribution in [-0.4, -0.2) is 21.2 Å².